The number of nitrogens with one attached hydrogen (secondary N) is 1. The highest BCUT2D eigenvalue weighted by molar-refractivity contribution is 5.97. The van der Waals surface area contributed by atoms with Crippen LogP contribution in [0.2, 0.25) is 0 Å². The lowest BCUT2D eigenvalue weighted by atomic mass is 10.00. The minimum Gasteiger partial charge on any atom is -0.493 e. The van der Waals surface area contributed by atoms with Crippen LogP contribution in [0, 0.1) is 0 Å². The van der Waals surface area contributed by atoms with E-state index in [0.717, 1.165) is 32.4 Å². The third-order valence-electron chi connectivity index (χ3n) is 5.36. The Labute approximate surface area is 174 Å². The van der Waals surface area contributed by atoms with Crippen molar-refractivity contribution in [2.75, 3.05) is 33.4 Å². The molecule has 1 fully saturated rings. The molecule has 2 aromatic rings. The van der Waals surface area contributed by atoms with Crippen molar-refractivity contribution in [1.82, 2.24) is 10.2 Å². The first kappa shape index (κ1) is 21.3. The van der Waals surface area contributed by atoms with Crippen molar-refractivity contribution in [3.05, 3.63) is 65.7 Å². The van der Waals surface area contributed by atoms with Gasteiger partial charge in [-0.1, -0.05) is 42.5 Å². The molecular formula is C24H32N2O3. The van der Waals surface area contributed by atoms with Crippen LogP contribution in [0.15, 0.2) is 54.6 Å². The van der Waals surface area contributed by atoms with Gasteiger partial charge < -0.3 is 19.7 Å². The molecule has 1 aliphatic rings. The zero-order valence-corrected chi connectivity index (χ0v) is 17.5. The minimum absolute atomic E-state index is 0.0604. The molecule has 1 N–H and O–H groups in total. The van der Waals surface area contributed by atoms with Crippen molar-refractivity contribution in [2.45, 2.75) is 38.3 Å². The molecule has 0 radical (unpaired) electrons. The molecule has 0 spiro atoms. The molecule has 1 heterocycles. The molecule has 1 saturated heterocycles. The molecule has 0 bridgehead atoms. The number of methoxy groups -OCH3 is 1. The summed E-state index contributed by atoms with van der Waals surface area (Å²) in [5.74, 6) is 0.730. The van der Waals surface area contributed by atoms with Gasteiger partial charge in [0.15, 0.2) is 0 Å². The van der Waals surface area contributed by atoms with Gasteiger partial charge in [-0.3, -0.25) is 4.79 Å². The van der Waals surface area contributed by atoms with Gasteiger partial charge in [0, 0.05) is 32.3 Å². The molecule has 3 rings (SSSR count). The van der Waals surface area contributed by atoms with E-state index in [1.807, 2.05) is 42.2 Å². The van der Waals surface area contributed by atoms with Gasteiger partial charge >= 0.3 is 0 Å². The summed E-state index contributed by atoms with van der Waals surface area (Å²) in [4.78, 5) is 14.9. The van der Waals surface area contributed by atoms with E-state index in [0.29, 0.717) is 30.6 Å². The fraction of sp³-hybridized carbons (Fsp3) is 0.458. The number of carbonyl (C=O) groups is 1. The van der Waals surface area contributed by atoms with E-state index in [2.05, 4.69) is 29.6 Å². The normalized spacial score (nSPS) is 15.9. The maximum atomic E-state index is 13.0. The molecule has 1 atom stereocenters. The highest BCUT2D eigenvalue weighted by atomic mass is 16.5. The zero-order valence-electron chi connectivity index (χ0n) is 17.5. The summed E-state index contributed by atoms with van der Waals surface area (Å²) in [6.07, 6.45) is 2.82. The van der Waals surface area contributed by atoms with E-state index >= 15 is 0 Å². The van der Waals surface area contributed by atoms with E-state index in [1.54, 1.807) is 7.11 Å². The molecule has 0 aliphatic carbocycles. The van der Waals surface area contributed by atoms with Crippen LogP contribution < -0.4 is 10.1 Å². The van der Waals surface area contributed by atoms with Crippen LogP contribution >= 0.6 is 0 Å². The Morgan fingerprint density at radius 1 is 1.10 bits per heavy atom. The van der Waals surface area contributed by atoms with E-state index in [1.165, 1.54) is 5.56 Å². The molecule has 1 amide bonds. The topological polar surface area (TPSA) is 50.8 Å². The highest BCUT2D eigenvalue weighted by Gasteiger charge is 2.26. The van der Waals surface area contributed by atoms with Crippen LogP contribution in [0.3, 0.4) is 0 Å². The van der Waals surface area contributed by atoms with Crippen molar-refractivity contribution >= 4 is 5.91 Å². The number of ether oxygens (including phenoxy) is 2. The Hall–Kier alpha value is -2.37. The predicted molar refractivity (Wildman–Crippen MR) is 115 cm³/mol. The second-order valence-electron chi connectivity index (χ2n) is 7.50. The van der Waals surface area contributed by atoms with Crippen molar-refractivity contribution in [1.29, 1.82) is 0 Å². The van der Waals surface area contributed by atoms with Crippen LogP contribution in [0.5, 0.6) is 5.75 Å². The molecule has 0 saturated carbocycles. The lowest BCUT2D eigenvalue weighted by Crippen LogP contribution is -2.49. The van der Waals surface area contributed by atoms with Crippen LogP contribution in [0.25, 0.3) is 0 Å². The molecule has 5 nitrogen and oxygen atoms in total. The summed E-state index contributed by atoms with van der Waals surface area (Å²) in [5.41, 5.74) is 1.96. The van der Waals surface area contributed by atoms with Crippen LogP contribution in [0.1, 0.15) is 35.7 Å². The second-order valence-corrected chi connectivity index (χ2v) is 7.50. The van der Waals surface area contributed by atoms with Crippen molar-refractivity contribution in [3.8, 4) is 5.75 Å². The van der Waals surface area contributed by atoms with Crippen LogP contribution in [-0.2, 0) is 11.2 Å². The molecule has 2 aromatic carbocycles. The number of para-hydroxylation sites is 1. The third kappa shape index (κ3) is 6.05. The summed E-state index contributed by atoms with van der Waals surface area (Å²) in [5, 5.41) is 3.75. The van der Waals surface area contributed by atoms with Gasteiger partial charge in [0.2, 0.25) is 0 Å². The standard InChI is InChI=1S/C24H32N2O3/c1-3-29-23-12-8-7-11-22(23)24(27)26-15-13-20(14-16-26)25-21(18-28-2)17-19-9-5-4-6-10-19/h4-12,20-21,25H,3,13-18H2,1-2H3/t21-/m1/s1. The van der Waals surface area contributed by atoms with Gasteiger partial charge in [0.25, 0.3) is 5.91 Å². The van der Waals surface area contributed by atoms with Gasteiger partial charge in [-0.2, -0.15) is 0 Å². The van der Waals surface area contributed by atoms with Gasteiger partial charge in [-0.25, -0.2) is 0 Å². The summed E-state index contributed by atoms with van der Waals surface area (Å²) >= 11 is 0. The number of benzene rings is 2. The number of piperidine rings is 1. The SMILES string of the molecule is CCOc1ccccc1C(=O)N1CCC(N[C@@H](COC)Cc2ccccc2)CC1. The van der Waals surface area contributed by atoms with E-state index in [-0.39, 0.29) is 11.9 Å². The van der Waals surface area contributed by atoms with Gasteiger partial charge in [0.1, 0.15) is 5.75 Å². The lowest BCUT2D eigenvalue weighted by molar-refractivity contribution is 0.0689. The summed E-state index contributed by atoms with van der Waals surface area (Å²) < 4.78 is 11.1. The number of rotatable bonds is 9. The number of amides is 1. The van der Waals surface area contributed by atoms with Crippen molar-refractivity contribution in [3.63, 3.8) is 0 Å². The maximum absolute atomic E-state index is 13.0. The first-order valence-electron chi connectivity index (χ1n) is 10.5. The van der Waals surface area contributed by atoms with Crippen LogP contribution in [0.4, 0.5) is 0 Å². The monoisotopic (exact) mass is 396 g/mol. The van der Waals surface area contributed by atoms with E-state index in [4.69, 9.17) is 9.47 Å². The lowest BCUT2D eigenvalue weighted by Gasteiger charge is -2.35. The number of likely N-dealkylation sites (tertiary alicyclic amines) is 1. The summed E-state index contributed by atoms with van der Waals surface area (Å²) in [6, 6.07) is 18.7. The average Bonchev–Trinajstić information content (AvgIpc) is 2.75. The summed E-state index contributed by atoms with van der Waals surface area (Å²) in [7, 11) is 1.75. The second kappa shape index (κ2) is 11.0. The highest BCUT2D eigenvalue weighted by Crippen LogP contribution is 2.22. The van der Waals surface area contributed by atoms with Gasteiger partial charge in [-0.15, -0.1) is 0 Å². The Bertz CT molecular complexity index is 758. The summed E-state index contributed by atoms with van der Waals surface area (Å²) in [6.45, 7) is 4.67. The van der Waals surface area contributed by atoms with E-state index < -0.39 is 0 Å². The number of nitrogens with zero attached hydrogens (tertiary/aromatic N) is 1. The molecule has 0 aromatic heterocycles. The number of hydrogen-bond donors (Lipinski definition) is 1. The molecule has 1 aliphatic heterocycles. The molecular weight excluding hydrogens is 364 g/mol. The molecule has 156 valence electrons. The molecule has 29 heavy (non-hydrogen) atoms. The third-order valence-corrected chi connectivity index (χ3v) is 5.36. The Balaban J connectivity index is 1.54. The molecule has 0 unspecified atom stereocenters. The van der Waals surface area contributed by atoms with Crippen LogP contribution in [-0.4, -0.2) is 56.3 Å². The quantitative estimate of drug-likeness (QED) is 0.704. The smallest absolute Gasteiger partial charge is 0.257 e. The minimum atomic E-state index is 0.0604. The fourth-order valence-electron chi connectivity index (χ4n) is 3.94. The predicted octanol–water partition coefficient (Wildman–Crippen LogP) is 3.54. The number of hydrogen-bond acceptors (Lipinski definition) is 4. The van der Waals surface area contributed by atoms with Gasteiger partial charge in [-0.05, 0) is 43.9 Å². The van der Waals surface area contributed by atoms with E-state index in [9.17, 15) is 4.79 Å². The first-order chi connectivity index (χ1) is 14.2. The zero-order chi connectivity index (χ0) is 20.5. The van der Waals surface area contributed by atoms with Crippen molar-refractivity contribution < 1.29 is 14.3 Å². The average molecular weight is 397 g/mol. The fourth-order valence-corrected chi connectivity index (χ4v) is 3.94. The van der Waals surface area contributed by atoms with Gasteiger partial charge in [0.05, 0.1) is 18.8 Å². The maximum Gasteiger partial charge on any atom is 0.257 e. The number of carbonyl (C=O) groups excluding carboxylic acids is 1. The van der Waals surface area contributed by atoms with Crippen molar-refractivity contribution in [2.24, 2.45) is 0 Å². The Morgan fingerprint density at radius 3 is 2.48 bits per heavy atom. The first-order valence-corrected chi connectivity index (χ1v) is 10.5. The molecule has 5 heteroatoms. The Kier molecular flexibility index (Phi) is 8.08. The Morgan fingerprint density at radius 2 is 1.79 bits per heavy atom. The largest absolute Gasteiger partial charge is 0.493 e.